The summed E-state index contributed by atoms with van der Waals surface area (Å²) in [5.74, 6) is 0.528. The van der Waals surface area contributed by atoms with Crippen LogP contribution in [0.5, 0.6) is 5.75 Å². The third-order valence-electron chi connectivity index (χ3n) is 3.63. The zero-order valence-electron chi connectivity index (χ0n) is 10.6. The number of fused-ring (bicyclic) bond motifs is 1. The van der Waals surface area contributed by atoms with Crippen LogP contribution in [0.4, 0.5) is 11.4 Å². The highest BCUT2D eigenvalue weighted by atomic mass is 16.5. The quantitative estimate of drug-likeness (QED) is 0.856. The summed E-state index contributed by atoms with van der Waals surface area (Å²) >= 11 is 0. The Morgan fingerprint density at radius 2 is 2.11 bits per heavy atom. The Labute approximate surface area is 111 Å². The fourth-order valence-electron chi connectivity index (χ4n) is 2.63. The molecule has 3 rings (SSSR count). The topological polar surface area (TPSA) is 67.4 Å². The largest absolute Gasteiger partial charge is 0.481 e. The molecule has 2 aliphatic rings. The van der Waals surface area contributed by atoms with Crippen LogP contribution in [0.15, 0.2) is 18.2 Å². The molecular weight excluding hydrogens is 244 g/mol. The van der Waals surface area contributed by atoms with Gasteiger partial charge in [-0.2, -0.15) is 0 Å². The number of anilines is 2. The normalized spacial score (nSPS) is 18.4. The van der Waals surface area contributed by atoms with Gasteiger partial charge in [-0.1, -0.05) is 18.9 Å². The van der Waals surface area contributed by atoms with E-state index >= 15 is 0 Å². The molecule has 1 saturated carbocycles. The van der Waals surface area contributed by atoms with Crippen molar-refractivity contribution in [2.75, 3.05) is 17.2 Å². The highest BCUT2D eigenvalue weighted by Crippen LogP contribution is 2.35. The highest BCUT2D eigenvalue weighted by molar-refractivity contribution is 6.03. The molecule has 5 heteroatoms. The second-order valence-electron chi connectivity index (χ2n) is 4.99. The van der Waals surface area contributed by atoms with Gasteiger partial charge >= 0.3 is 0 Å². The molecule has 5 nitrogen and oxygen atoms in total. The van der Waals surface area contributed by atoms with Crippen molar-refractivity contribution in [2.45, 2.75) is 25.7 Å². The molecule has 0 spiro atoms. The van der Waals surface area contributed by atoms with Gasteiger partial charge in [-0.3, -0.25) is 9.59 Å². The first-order valence-electron chi connectivity index (χ1n) is 6.60. The molecule has 100 valence electrons. The van der Waals surface area contributed by atoms with Crippen molar-refractivity contribution in [3.05, 3.63) is 18.2 Å². The molecule has 1 aromatic carbocycles. The van der Waals surface area contributed by atoms with E-state index in [0.29, 0.717) is 17.1 Å². The number of nitrogens with one attached hydrogen (secondary N) is 2. The summed E-state index contributed by atoms with van der Waals surface area (Å²) in [6, 6.07) is 5.36. The van der Waals surface area contributed by atoms with E-state index < -0.39 is 0 Å². The van der Waals surface area contributed by atoms with Crippen LogP contribution in [0.25, 0.3) is 0 Å². The van der Waals surface area contributed by atoms with Gasteiger partial charge in [0.25, 0.3) is 5.91 Å². The van der Waals surface area contributed by atoms with Gasteiger partial charge in [-0.25, -0.2) is 0 Å². The Kier molecular flexibility index (Phi) is 3.11. The first kappa shape index (κ1) is 12.0. The maximum atomic E-state index is 12.1. The van der Waals surface area contributed by atoms with Crippen LogP contribution in [0.1, 0.15) is 25.7 Å². The predicted octanol–water partition coefficient (Wildman–Crippen LogP) is 2.15. The molecule has 1 fully saturated rings. The molecule has 2 N–H and O–H groups in total. The van der Waals surface area contributed by atoms with Crippen LogP contribution in [0, 0.1) is 5.92 Å². The second kappa shape index (κ2) is 4.91. The Morgan fingerprint density at radius 1 is 1.32 bits per heavy atom. The minimum Gasteiger partial charge on any atom is -0.481 e. The number of rotatable bonds is 2. The monoisotopic (exact) mass is 260 g/mol. The van der Waals surface area contributed by atoms with Gasteiger partial charge in [0.2, 0.25) is 5.91 Å². The molecule has 1 aromatic rings. The molecule has 1 heterocycles. The van der Waals surface area contributed by atoms with E-state index in [9.17, 15) is 9.59 Å². The maximum Gasteiger partial charge on any atom is 0.262 e. The van der Waals surface area contributed by atoms with E-state index in [2.05, 4.69) is 10.6 Å². The molecule has 2 amide bonds. The van der Waals surface area contributed by atoms with Gasteiger partial charge in [0.15, 0.2) is 6.61 Å². The third-order valence-corrected chi connectivity index (χ3v) is 3.63. The van der Waals surface area contributed by atoms with Gasteiger partial charge in [-0.05, 0) is 25.0 Å². The van der Waals surface area contributed by atoms with E-state index in [1.54, 1.807) is 18.2 Å². The number of ether oxygens (including phenoxy) is 1. The molecule has 1 aliphatic heterocycles. The highest BCUT2D eigenvalue weighted by Gasteiger charge is 2.25. The molecule has 1 aliphatic carbocycles. The lowest BCUT2D eigenvalue weighted by Gasteiger charge is -2.21. The summed E-state index contributed by atoms with van der Waals surface area (Å²) in [7, 11) is 0. The summed E-state index contributed by atoms with van der Waals surface area (Å²) in [5, 5.41) is 5.64. The predicted molar refractivity (Wildman–Crippen MR) is 71.2 cm³/mol. The molecule has 19 heavy (non-hydrogen) atoms. The summed E-state index contributed by atoms with van der Waals surface area (Å²) in [6.45, 7) is 0.0209. The lowest BCUT2D eigenvalue weighted by atomic mass is 10.1. The van der Waals surface area contributed by atoms with Crippen molar-refractivity contribution in [3.8, 4) is 5.75 Å². The molecule has 0 atom stereocenters. The van der Waals surface area contributed by atoms with Crippen molar-refractivity contribution < 1.29 is 14.3 Å². The standard InChI is InChI=1S/C14H16N2O3/c17-12-8-19-11-7-3-6-10(13(11)16-12)15-14(18)9-4-1-2-5-9/h3,6-7,9H,1-2,4-5,8H2,(H,15,18)(H,16,17). The minimum absolute atomic E-state index is 0.0209. The van der Waals surface area contributed by atoms with Crippen LogP contribution in [0.3, 0.4) is 0 Å². The minimum atomic E-state index is -0.199. The zero-order valence-corrected chi connectivity index (χ0v) is 10.6. The molecule has 0 unspecified atom stereocenters. The van der Waals surface area contributed by atoms with Gasteiger partial charge < -0.3 is 15.4 Å². The third kappa shape index (κ3) is 2.41. The van der Waals surface area contributed by atoms with Crippen LogP contribution in [-0.2, 0) is 9.59 Å². The van der Waals surface area contributed by atoms with Crippen molar-refractivity contribution in [1.29, 1.82) is 0 Å². The van der Waals surface area contributed by atoms with Crippen LogP contribution in [0.2, 0.25) is 0 Å². The number of hydrogen-bond donors (Lipinski definition) is 2. The average Bonchev–Trinajstić information content (AvgIpc) is 2.93. The summed E-state index contributed by atoms with van der Waals surface area (Å²) in [5.41, 5.74) is 1.17. The number of carbonyl (C=O) groups excluding carboxylic acids is 2. The van der Waals surface area contributed by atoms with E-state index in [4.69, 9.17) is 4.74 Å². The molecule has 0 radical (unpaired) electrons. The number of amides is 2. The lowest BCUT2D eigenvalue weighted by Crippen LogP contribution is -2.27. The Hall–Kier alpha value is -2.04. The maximum absolute atomic E-state index is 12.1. The smallest absolute Gasteiger partial charge is 0.262 e. The van der Waals surface area contributed by atoms with Crippen LogP contribution >= 0.6 is 0 Å². The van der Waals surface area contributed by atoms with Gasteiger partial charge in [-0.15, -0.1) is 0 Å². The number of benzene rings is 1. The Balaban J connectivity index is 1.81. The molecular formula is C14H16N2O3. The van der Waals surface area contributed by atoms with Gasteiger partial charge in [0, 0.05) is 5.92 Å². The number of carbonyl (C=O) groups is 2. The van der Waals surface area contributed by atoms with Crippen LogP contribution in [-0.4, -0.2) is 18.4 Å². The lowest BCUT2D eigenvalue weighted by molar-refractivity contribution is -0.120. The SMILES string of the molecule is O=C1COc2cccc(NC(=O)C3CCCC3)c2N1. The van der Waals surface area contributed by atoms with Gasteiger partial charge in [0.05, 0.1) is 5.69 Å². The van der Waals surface area contributed by atoms with Gasteiger partial charge in [0.1, 0.15) is 11.4 Å². The summed E-state index contributed by atoms with van der Waals surface area (Å²) < 4.78 is 5.32. The van der Waals surface area contributed by atoms with Crippen molar-refractivity contribution in [1.82, 2.24) is 0 Å². The van der Waals surface area contributed by atoms with E-state index in [-0.39, 0.29) is 24.3 Å². The van der Waals surface area contributed by atoms with Crippen molar-refractivity contribution >= 4 is 23.2 Å². The fourth-order valence-corrected chi connectivity index (χ4v) is 2.63. The van der Waals surface area contributed by atoms with E-state index in [1.807, 2.05) is 0 Å². The van der Waals surface area contributed by atoms with Crippen molar-refractivity contribution in [2.24, 2.45) is 5.92 Å². The first-order valence-corrected chi connectivity index (χ1v) is 6.60. The number of hydrogen-bond acceptors (Lipinski definition) is 3. The van der Waals surface area contributed by atoms with E-state index in [1.165, 1.54) is 0 Å². The second-order valence-corrected chi connectivity index (χ2v) is 4.99. The fraction of sp³-hybridized carbons (Fsp3) is 0.429. The van der Waals surface area contributed by atoms with Crippen molar-refractivity contribution in [3.63, 3.8) is 0 Å². The van der Waals surface area contributed by atoms with E-state index in [0.717, 1.165) is 25.7 Å². The molecule has 0 bridgehead atoms. The van der Waals surface area contributed by atoms with Crippen LogP contribution < -0.4 is 15.4 Å². The summed E-state index contributed by atoms with van der Waals surface area (Å²) in [4.78, 5) is 23.5. The Morgan fingerprint density at radius 3 is 2.89 bits per heavy atom. The average molecular weight is 260 g/mol. The zero-order chi connectivity index (χ0) is 13.2. The molecule has 0 aromatic heterocycles. The summed E-state index contributed by atoms with van der Waals surface area (Å²) in [6.07, 6.45) is 4.13. The molecule has 0 saturated heterocycles. The first-order chi connectivity index (χ1) is 9.24. The Bertz CT molecular complexity index is 521. The number of para-hydroxylation sites is 1.